The smallest absolute Gasteiger partial charge is 0.331 e. The Hall–Kier alpha value is -1.76. The van der Waals surface area contributed by atoms with Crippen LogP contribution in [0.3, 0.4) is 0 Å². The topological polar surface area (TPSA) is 220 Å². The van der Waals surface area contributed by atoms with Crippen molar-refractivity contribution in [2.45, 2.75) is 164 Å². The minimum Gasteiger partial charge on any atom is -0.458 e. The number of aliphatic hydroxyl groups excluding tert-OH is 4. The Morgan fingerprint density at radius 2 is 1.58 bits per heavy atom. The van der Waals surface area contributed by atoms with Gasteiger partial charge in [0.15, 0.2) is 18.7 Å². The lowest BCUT2D eigenvalue weighted by atomic mass is 9.42. The number of cyclic esters (lactones) is 1. The third-order valence-corrected chi connectivity index (χ3v) is 14.8. The molecule has 15 nitrogen and oxygen atoms in total. The number of carbonyl (C=O) groups excluding carboxylic acids is 2. The van der Waals surface area contributed by atoms with E-state index in [-0.39, 0.29) is 29.1 Å². The minimum atomic E-state index is -1.66. The summed E-state index contributed by atoms with van der Waals surface area (Å²) < 4.78 is 41.3. The fraction of sp³-hybridized carbons (Fsp3) is 0.895. The molecule has 0 bridgehead atoms. The monoisotopic (exact) mass is 754 g/mol. The predicted octanol–water partition coefficient (Wildman–Crippen LogP) is 0.620. The maximum Gasteiger partial charge on any atom is 0.331 e. The number of rotatable bonds is 8. The predicted molar refractivity (Wildman–Crippen MR) is 181 cm³/mol. The van der Waals surface area contributed by atoms with Gasteiger partial charge in [0.05, 0.1) is 30.0 Å². The molecule has 18 atom stereocenters. The van der Waals surface area contributed by atoms with Crippen molar-refractivity contribution in [2.75, 3.05) is 20.3 Å². The van der Waals surface area contributed by atoms with Gasteiger partial charge >= 0.3 is 11.9 Å². The van der Waals surface area contributed by atoms with Gasteiger partial charge in [0.25, 0.3) is 0 Å². The van der Waals surface area contributed by atoms with Crippen LogP contribution in [-0.2, 0) is 42.7 Å². The van der Waals surface area contributed by atoms with Crippen molar-refractivity contribution < 1.29 is 73.4 Å². The Kier molecular flexibility index (Phi) is 10.7. The highest BCUT2D eigenvalue weighted by atomic mass is 16.8. The quantitative estimate of drug-likeness (QED) is 0.148. The highest BCUT2D eigenvalue weighted by molar-refractivity contribution is 5.85. The van der Waals surface area contributed by atoms with E-state index in [1.54, 1.807) is 13.0 Å². The van der Waals surface area contributed by atoms with Crippen LogP contribution < -0.4 is 0 Å². The molecule has 53 heavy (non-hydrogen) atoms. The fourth-order valence-corrected chi connectivity index (χ4v) is 11.9. The molecular weight excluding hydrogens is 696 g/mol. The normalized spacial score (nSPS) is 52.5. The van der Waals surface area contributed by atoms with Gasteiger partial charge in [-0.2, -0.15) is 0 Å². The van der Waals surface area contributed by atoms with E-state index in [0.29, 0.717) is 45.1 Å². The summed E-state index contributed by atoms with van der Waals surface area (Å²) in [5.74, 6) is -0.755. The highest BCUT2D eigenvalue weighted by Crippen LogP contribution is 2.70. The summed E-state index contributed by atoms with van der Waals surface area (Å²) in [6.45, 7) is 6.94. The molecule has 4 saturated carbocycles. The molecule has 0 aromatic heterocycles. The lowest BCUT2D eigenvalue weighted by Gasteiger charge is -2.66. The summed E-state index contributed by atoms with van der Waals surface area (Å²) in [5.41, 5.74) is -1.89. The van der Waals surface area contributed by atoms with E-state index in [2.05, 4.69) is 13.8 Å². The van der Waals surface area contributed by atoms with E-state index in [1.807, 2.05) is 0 Å². The molecule has 300 valence electrons. The molecule has 3 aliphatic heterocycles. The molecule has 6 fully saturated rings. The van der Waals surface area contributed by atoms with Gasteiger partial charge in [-0.15, -0.1) is 0 Å². The van der Waals surface area contributed by atoms with Crippen molar-refractivity contribution in [3.8, 4) is 0 Å². The third kappa shape index (κ3) is 6.30. The van der Waals surface area contributed by atoms with Gasteiger partial charge in [-0.25, -0.2) is 4.79 Å². The zero-order chi connectivity index (χ0) is 38.2. The molecule has 15 heteroatoms. The van der Waals surface area contributed by atoms with E-state index < -0.39 is 96.7 Å². The first-order valence-corrected chi connectivity index (χ1v) is 19.3. The Labute approximate surface area is 309 Å². The Bertz CT molecular complexity index is 1420. The summed E-state index contributed by atoms with van der Waals surface area (Å²) in [7, 11) is 1.40. The van der Waals surface area contributed by atoms with E-state index >= 15 is 0 Å². The van der Waals surface area contributed by atoms with E-state index in [9.17, 15) is 40.2 Å². The maximum absolute atomic E-state index is 12.6. The lowest BCUT2D eigenvalue weighted by Crippen LogP contribution is -2.68. The molecule has 2 saturated heterocycles. The van der Waals surface area contributed by atoms with Gasteiger partial charge < -0.3 is 63.8 Å². The molecule has 0 amide bonds. The summed E-state index contributed by atoms with van der Waals surface area (Å²) in [4.78, 5) is 24.3. The molecule has 4 aliphatic carbocycles. The van der Waals surface area contributed by atoms with Crippen LogP contribution in [0.25, 0.3) is 0 Å². The van der Waals surface area contributed by atoms with Crippen LogP contribution in [-0.4, -0.2) is 142 Å². The van der Waals surface area contributed by atoms with E-state index in [4.69, 9.17) is 33.2 Å². The number of hydrogen-bond donors (Lipinski definition) is 6. The SMILES string of the molecule is CO[C@H]1[C@@H](O[C@@H]2O[C@H](CO)[C@@H](O)[C@H](O)[C@H]2O)[C@@H](C)O[C@@H](O[C@H]2CC[C@]3(C)[C@H]4CC[C@]5(C)[C@@H](C6=CC(=O)OC6)CC[C@]5(O)[C@@H]4CC[C@]3(O)C2)[C@@H]1OC(C)=O. The summed E-state index contributed by atoms with van der Waals surface area (Å²) in [6.07, 6.45) is -5.57. The molecule has 7 aliphatic rings. The van der Waals surface area contributed by atoms with Crippen molar-refractivity contribution in [1.82, 2.24) is 0 Å². The number of fused-ring (bicyclic) bond motifs is 5. The second-order valence-electron chi connectivity index (χ2n) is 17.3. The van der Waals surface area contributed by atoms with Crippen LogP contribution in [0.5, 0.6) is 0 Å². The van der Waals surface area contributed by atoms with Crippen molar-refractivity contribution in [1.29, 1.82) is 0 Å². The van der Waals surface area contributed by atoms with Crippen molar-refractivity contribution >= 4 is 11.9 Å². The number of hydrogen-bond acceptors (Lipinski definition) is 15. The number of carbonyl (C=O) groups is 2. The molecule has 6 N–H and O–H groups in total. The summed E-state index contributed by atoms with van der Waals surface area (Å²) in [6, 6.07) is 0. The van der Waals surface area contributed by atoms with Crippen LogP contribution in [0.15, 0.2) is 11.6 Å². The number of ether oxygens (including phenoxy) is 7. The Balaban J connectivity index is 1.05. The van der Waals surface area contributed by atoms with Gasteiger partial charge in [0.1, 0.15) is 43.2 Å². The largest absolute Gasteiger partial charge is 0.458 e. The van der Waals surface area contributed by atoms with Crippen LogP contribution in [0.1, 0.15) is 85.5 Å². The van der Waals surface area contributed by atoms with Gasteiger partial charge in [0.2, 0.25) is 0 Å². The summed E-state index contributed by atoms with van der Waals surface area (Å²) >= 11 is 0. The zero-order valence-electron chi connectivity index (χ0n) is 31.3. The minimum absolute atomic E-state index is 0.00609. The second-order valence-corrected chi connectivity index (χ2v) is 17.3. The number of esters is 2. The molecule has 0 radical (unpaired) electrons. The average Bonchev–Trinajstić information content (AvgIpc) is 3.66. The number of aliphatic hydroxyl groups is 6. The van der Waals surface area contributed by atoms with Gasteiger partial charge in [-0.05, 0) is 87.0 Å². The average molecular weight is 755 g/mol. The molecule has 7 rings (SSSR count). The first-order valence-electron chi connectivity index (χ1n) is 19.3. The first-order chi connectivity index (χ1) is 25.0. The van der Waals surface area contributed by atoms with Gasteiger partial charge in [0, 0.05) is 31.9 Å². The standard InChI is InChI=1S/C38H58O15/c1-18-30(53-33-29(44)28(43)27(42)25(16-39)52-33)31(47-5)32(50-19(2)40)34(49-18)51-21-6-10-35(3)23-7-11-36(4)22(20-14-26(41)48-17-20)9-13-38(36,46)24(23)8-12-37(35,45)15-21/h14,18,21-25,27-34,39,42-46H,6-13,15-17H2,1-5H3/t18-,21+,22-,23+,24-,25-,27-,28+,29-,30+,31+,32-,33+,34+,35-,36-,37+,38+/m1/s1. The first kappa shape index (κ1) is 39.5. The molecule has 0 unspecified atom stereocenters. The Morgan fingerprint density at radius 3 is 2.25 bits per heavy atom. The van der Waals surface area contributed by atoms with Crippen molar-refractivity contribution in [3.05, 3.63) is 11.6 Å². The second kappa shape index (κ2) is 14.3. The number of methoxy groups -OCH3 is 1. The molecular formula is C38H58O15. The molecule has 0 aromatic carbocycles. The zero-order valence-corrected chi connectivity index (χ0v) is 31.3. The molecule has 3 heterocycles. The fourth-order valence-electron chi connectivity index (χ4n) is 11.9. The van der Waals surface area contributed by atoms with E-state index in [0.717, 1.165) is 24.8 Å². The molecule has 0 spiro atoms. The van der Waals surface area contributed by atoms with Crippen molar-refractivity contribution in [3.63, 3.8) is 0 Å². The van der Waals surface area contributed by atoms with Gasteiger partial charge in [-0.1, -0.05) is 13.8 Å². The van der Waals surface area contributed by atoms with Crippen LogP contribution in [0.2, 0.25) is 0 Å². The van der Waals surface area contributed by atoms with Crippen LogP contribution in [0, 0.1) is 28.6 Å². The third-order valence-electron chi connectivity index (χ3n) is 14.8. The van der Waals surface area contributed by atoms with Crippen LogP contribution in [0.4, 0.5) is 0 Å². The van der Waals surface area contributed by atoms with Crippen molar-refractivity contribution in [2.24, 2.45) is 28.6 Å². The summed E-state index contributed by atoms with van der Waals surface area (Å²) in [5, 5.41) is 65.9. The lowest BCUT2D eigenvalue weighted by molar-refractivity contribution is -0.364. The molecule has 0 aromatic rings. The van der Waals surface area contributed by atoms with Gasteiger partial charge in [-0.3, -0.25) is 4.79 Å². The highest BCUT2D eigenvalue weighted by Gasteiger charge is 2.70. The maximum atomic E-state index is 12.6. The van der Waals surface area contributed by atoms with Crippen LogP contribution >= 0.6 is 0 Å². The van der Waals surface area contributed by atoms with E-state index in [1.165, 1.54) is 14.0 Å². The Morgan fingerprint density at radius 1 is 0.868 bits per heavy atom.